The van der Waals surface area contributed by atoms with Crippen molar-refractivity contribution < 1.29 is 19.4 Å². The van der Waals surface area contributed by atoms with Crippen LogP contribution in [-0.4, -0.2) is 54.4 Å². The third-order valence-electron chi connectivity index (χ3n) is 7.25. The number of piperidine rings is 1. The number of carboxylic acids is 1. The predicted molar refractivity (Wildman–Crippen MR) is 168 cm³/mol. The zero-order valence-electron chi connectivity index (χ0n) is 22.8. The van der Waals surface area contributed by atoms with Gasteiger partial charge in [0.05, 0.1) is 0 Å². The number of hydrogen-bond acceptors (Lipinski definition) is 7. The quantitative estimate of drug-likeness (QED) is 0.256. The molecule has 0 amide bonds. The molecule has 1 saturated carbocycles. The highest BCUT2D eigenvalue weighted by atomic mass is 35.5. The van der Waals surface area contributed by atoms with E-state index in [-0.39, 0.29) is 49.1 Å². The minimum atomic E-state index is -0.981. The van der Waals surface area contributed by atoms with Crippen LogP contribution >= 0.6 is 48.6 Å². The number of carbonyl (C=O) groups is 1. The number of nitrogens with one attached hydrogen (secondary N) is 1. The third-order valence-corrected chi connectivity index (χ3v) is 8.09. The van der Waals surface area contributed by atoms with Gasteiger partial charge >= 0.3 is 5.97 Å². The van der Waals surface area contributed by atoms with E-state index in [1.807, 2.05) is 60.1 Å². The van der Waals surface area contributed by atoms with Crippen LogP contribution in [0.2, 0.25) is 0 Å². The second-order valence-corrected chi connectivity index (χ2v) is 11.8. The number of aliphatic carboxylic acids is 1. The molecule has 1 saturated heterocycles. The van der Waals surface area contributed by atoms with Gasteiger partial charge in [0.25, 0.3) is 0 Å². The van der Waals surface area contributed by atoms with Crippen LogP contribution in [0.1, 0.15) is 31.9 Å². The average molecular weight is 631 g/mol. The van der Waals surface area contributed by atoms with Crippen molar-refractivity contribution in [2.24, 2.45) is 11.8 Å². The molecule has 1 aromatic heterocycles. The van der Waals surface area contributed by atoms with Gasteiger partial charge in [-0.25, -0.2) is 9.78 Å². The Balaban J connectivity index is 0.00000187. The van der Waals surface area contributed by atoms with Crippen LogP contribution in [0.25, 0.3) is 0 Å². The molecule has 0 radical (unpaired) electrons. The Labute approximate surface area is 258 Å². The molecule has 220 valence electrons. The van der Waals surface area contributed by atoms with Crippen molar-refractivity contribution >= 4 is 59.7 Å². The first-order chi connectivity index (χ1) is 17.8. The summed E-state index contributed by atoms with van der Waals surface area (Å²) in [7, 11) is 0. The zero-order valence-corrected chi connectivity index (χ0v) is 26.1. The predicted octanol–water partition coefficient (Wildman–Crippen LogP) is 5.88. The van der Waals surface area contributed by atoms with Gasteiger partial charge in [-0.3, -0.25) is 0 Å². The summed E-state index contributed by atoms with van der Waals surface area (Å²) in [6.45, 7) is 9.99. The number of anilines is 1. The van der Waals surface area contributed by atoms with Gasteiger partial charge in [0.15, 0.2) is 11.2 Å². The minimum Gasteiger partial charge on any atom is -0.492 e. The number of benzene rings is 2. The number of fused-ring (bicyclic) bond motifs is 1. The van der Waals surface area contributed by atoms with Crippen molar-refractivity contribution in [2.75, 3.05) is 31.1 Å². The number of nitrogens with zero attached hydrogens (tertiary/aromatic N) is 2. The maximum Gasteiger partial charge on any atom is 0.345 e. The topological polar surface area (TPSA) is 83.9 Å². The van der Waals surface area contributed by atoms with E-state index in [2.05, 4.69) is 36.0 Å². The first-order valence-electron chi connectivity index (χ1n) is 12.9. The molecule has 0 bridgehead atoms. The van der Waals surface area contributed by atoms with E-state index >= 15 is 0 Å². The summed E-state index contributed by atoms with van der Waals surface area (Å²) in [6, 6.07) is 15.8. The SMILES string of the molecule is CC(C)(C)c1ccc(O[C@@H](Cc2ccc(OCCN[C@H]3C4CN(c5nccs5)C[C@@H]43)cc2)C(=O)O)cc1.Cl.Cl.Cl. The Morgan fingerprint density at radius 2 is 1.68 bits per heavy atom. The molecular formula is C29H38Cl3N3O4S. The molecule has 2 aromatic carbocycles. The Morgan fingerprint density at radius 1 is 1.05 bits per heavy atom. The third kappa shape index (κ3) is 8.40. The highest BCUT2D eigenvalue weighted by Gasteiger charge is 2.55. The standard InChI is InChI=1S/C29H35N3O4S.3ClH/c1-29(2,3)20-6-10-22(11-7-20)36-25(27(33)34)16-19-4-8-21(9-5-19)35-14-12-30-26-23-17-32(18-24(23)26)28-31-13-15-37-28;;;/h4-11,13,15,23-26,30H,12,14,16-18H2,1-3H3,(H,33,34);3*1H/t23-,24?,25-,26+;;;/m0.../s1. The molecule has 2 N–H and O–H groups in total. The van der Waals surface area contributed by atoms with Crippen molar-refractivity contribution in [1.29, 1.82) is 0 Å². The van der Waals surface area contributed by atoms with E-state index in [4.69, 9.17) is 9.47 Å². The molecule has 5 rings (SSSR count). The Morgan fingerprint density at radius 3 is 2.23 bits per heavy atom. The van der Waals surface area contributed by atoms with E-state index in [0.29, 0.717) is 30.2 Å². The molecule has 1 unspecified atom stereocenters. The zero-order chi connectivity index (χ0) is 26.0. The maximum absolute atomic E-state index is 11.8. The molecule has 1 aliphatic carbocycles. The largest absolute Gasteiger partial charge is 0.492 e. The molecule has 2 aliphatic rings. The van der Waals surface area contributed by atoms with Crippen molar-refractivity contribution in [3.05, 3.63) is 71.2 Å². The van der Waals surface area contributed by atoms with Crippen LogP contribution in [0.15, 0.2) is 60.1 Å². The van der Waals surface area contributed by atoms with Crippen molar-refractivity contribution in [3.8, 4) is 11.5 Å². The lowest BCUT2D eigenvalue weighted by atomic mass is 9.87. The summed E-state index contributed by atoms with van der Waals surface area (Å²) in [4.78, 5) is 18.6. The Bertz CT molecular complexity index is 1180. The molecular weight excluding hydrogens is 593 g/mol. The van der Waals surface area contributed by atoms with E-state index in [1.54, 1.807) is 11.3 Å². The highest BCUT2D eigenvalue weighted by molar-refractivity contribution is 7.13. The van der Waals surface area contributed by atoms with E-state index in [9.17, 15) is 9.90 Å². The van der Waals surface area contributed by atoms with Gasteiger partial charge in [-0.05, 0) is 52.6 Å². The average Bonchev–Trinajstić information content (AvgIpc) is 3.26. The summed E-state index contributed by atoms with van der Waals surface area (Å²) >= 11 is 1.71. The second-order valence-electron chi connectivity index (χ2n) is 10.9. The van der Waals surface area contributed by atoms with Gasteiger partial charge in [0.2, 0.25) is 0 Å². The number of rotatable bonds is 11. The second kappa shape index (κ2) is 14.6. The number of aromatic nitrogens is 1. The molecule has 40 heavy (non-hydrogen) atoms. The van der Waals surface area contributed by atoms with Crippen LogP contribution in [0.4, 0.5) is 5.13 Å². The van der Waals surface area contributed by atoms with E-state index in [0.717, 1.165) is 36.1 Å². The summed E-state index contributed by atoms with van der Waals surface area (Å²) in [5.74, 6) is 1.78. The summed E-state index contributed by atoms with van der Waals surface area (Å²) in [5.41, 5.74) is 2.10. The number of carboxylic acid groups (broad SMARTS) is 1. The number of hydrogen-bond donors (Lipinski definition) is 2. The molecule has 7 nitrogen and oxygen atoms in total. The summed E-state index contributed by atoms with van der Waals surface area (Å²) < 4.78 is 11.7. The van der Waals surface area contributed by atoms with Crippen LogP contribution in [0.3, 0.4) is 0 Å². The number of halogens is 3. The van der Waals surface area contributed by atoms with Crippen molar-refractivity contribution in [3.63, 3.8) is 0 Å². The van der Waals surface area contributed by atoms with Crippen LogP contribution in [-0.2, 0) is 16.6 Å². The lowest BCUT2D eigenvalue weighted by Gasteiger charge is -2.20. The van der Waals surface area contributed by atoms with Gasteiger partial charge < -0.3 is 24.8 Å². The molecule has 1 aliphatic heterocycles. The Kier molecular flexibility index (Phi) is 12.4. The van der Waals surface area contributed by atoms with Gasteiger partial charge in [0.1, 0.15) is 18.1 Å². The van der Waals surface area contributed by atoms with Gasteiger partial charge in [0, 0.05) is 43.7 Å². The molecule has 4 atom stereocenters. The normalized spacial score (nSPS) is 19.8. The molecule has 2 heterocycles. The fourth-order valence-corrected chi connectivity index (χ4v) is 5.73. The Hall–Kier alpha value is -2.23. The smallest absolute Gasteiger partial charge is 0.345 e. The maximum atomic E-state index is 11.8. The van der Waals surface area contributed by atoms with Gasteiger partial charge in [-0.2, -0.15) is 0 Å². The number of ether oxygens (including phenoxy) is 2. The fraction of sp³-hybridized carbons (Fsp3) is 0.448. The summed E-state index contributed by atoms with van der Waals surface area (Å²) in [5, 5.41) is 16.5. The van der Waals surface area contributed by atoms with Gasteiger partial charge in [-0.1, -0.05) is 45.0 Å². The van der Waals surface area contributed by atoms with Crippen molar-refractivity contribution in [1.82, 2.24) is 10.3 Å². The lowest BCUT2D eigenvalue weighted by Crippen LogP contribution is -2.33. The van der Waals surface area contributed by atoms with Crippen LogP contribution < -0.4 is 19.7 Å². The minimum absolute atomic E-state index is 0. The first-order valence-corrected chi connectivity index (χ1v) is 13.8. The fourth-order valence-electron chi connectivity index (χ4n) is 5.06. The number of thiazole rings is 1. The highest BCUT2D eigenvalue weighted by Crippen LogP contribution is 2.46. The van der Waals surface area contributed by atoms with E-state index < -0.39 is 12.1 Å². The molecule has 0 spiro atoms. The van der Waals surface area contributed by atoms with Crippen LogP contribution in [0, 0.1) is 11.8 Å². The van der Waals surface area contributed by atoms with E-state index in [1.165, 1.54) is 5.56 Å². The molecule has 2 fully saturated rings. The molecule has 11 heteroatoms. The molecule has 3 aromatic rings. The van der Waals surface area contributed by atoms with Gasteiger partial charge in [-0.15, -0.1) is 48.6 Å². The van der Waals surface area contributed by atoms with Crippen molar-refractivity contribution in [2.45, 2.75) is 44.8 Å². The first kappa shape index (κ1) is 34.0. The monoisotopic (exact) mass is 629 g/mol. The summed E-state index contributed by atoms with van der Waals surface area (Å²) in [6.07, 6.45) is 1.19. The lowest BCUT2D eigenvalue weighted by molar-refractivity contribution is -0.145. The van der Waals surface area contributed by atoms with Crippen LogP contribution in [0.5, 0.6) is 11.5 Å².